The van der Waals surface area contributed by atoms with Crippen molar-refractivity contribution in [2.45, 2.75) is 108 Å². The van der Waals surface area contributed by atoms with Crippen molar-refractivity contribution in [2.24, 2.45) is 29.6 Å². The van der Waals surface area contributed by atoms with Crippen LogP contribution in [0.1, 0.15) is 83.4 Å². The number of nitrogens with zero attached hydrogens (tertiary/aromatic N) is 2. The number of rotatable bonds is 13. The zero-order chi connectivity index (χ0) is 24.1. The highest BCUT2D eigenvalue weighted by Crippen LogP contribution is 2.48. The fourth-order valence-electron chi connectivity index (χ4n) is 6.43. The number of aliphatic hydroxyl groups is 3. The molecule has 4 N–H and O–H groups in total. The summed E-state index contributed by atoms with van der Waals surface area (Å²) < 4.78 is 0. The second-order valence-electron chi connectivity index (χ2n) is 11.2. The van der Waals surface area contributed by atoms with Gasteiger partial charge < -0.3 is 20.6 Å². The summed E-state index contributed by atoms with van der Waals surface area (Å²) in [6, 6.07) is 2.22. The number of hydrogen-bond donors (Lipinski definition) is 4. The number of aliphatic hydroxyl groups excluding tert-OH is 3. The van der Waals surface area contributed by atoms with Crippen LogP contribution in [0.5, 0.6) is 0 Å². The Bertz CT molecular complexity index is 774. The molecular formula is C27H43N3O4. The number of carbonyl (C=O) groups excluding carboxylic acids is 1. The van der Waals surface area contributed by atoms with Gasteiger partial charge in [0.25, 0.3) is 0 Å². The van der Waals surface area contributed by atoms with Crippen LogP contribution in [0.4, 0.5) is 0 Å². The van der Waals surface area contributed by atoms with Crippen LogP contribution in [0.15, 0.2) is 18.5 Å². The first kappa shape index (κ1) is 25.5. The van der Waals surface area contributed by atoms with Crippen molar-refractivity contribution < 1.29 is 20.1 Å². The molecule has 1 aromatic heterocycles. The summed E-state index contributed by atoms with van der Waals surface area (Å²) in [4.78, 5) is 20.4. The van der Waals surface area contributed by atoms with Gasteiger partial charge in [-0.25, -0.2) is 9.97 Å². The van der Waals surface area contributed by atoms with E-state index in [1.165, 1.54) is 12.8 Å². The van der Waals surface area contributed by atoms with Crippen LogP contribution in [0.3, 0.4) is 0 Å². The van der Waals surface area contributed by atoms with Gasteiger partial charge in [-0.1, -0.05) is 6.92 Å². The SMILES string of the molecule is CC(CC(O)CCc1ncccn1)C1C(O)CC(O)C1CC1CCC1CCCC(=O)NC1CC1. The molecule has 1 heterocycles. The normalized spacial score (nSPS) is 32.7. The molecule has 1 aromatic rings. The van der Waals surface area contributed by atoms with Gasteiger partial charge in [0.1, 0.15) is 5.82 Å². The van der Waals surface area contributed by atoms with Gasteiger partial charge in [-0.2, -0.15) is 0 Å². The van der Waals surface area contributed by atoms with Crippen LogP contribution in [-0.2, 0) is 11.2 Å². The molecule has 7 heteroatoms. The molecule has 0 aromatic carbocycles. The molecule has 0 bridgehead atoms. The average molecular weight is 474 g/mol. The molecule has 0 aliphatic heterocycles. The predicted octanol–water partition coefficient (Wildman–Crippen LogP) is 3.02. The molecule has 7 nitrogen and oxygen atoms in total. The average Bonchev–Trinajstić information content (AvgIpc) is 3.56. The van der Waals surface area contributed by atoms with Crippen LogP contribution < -0.4 is 5.32 Å². The van der Waals surface area contributed by atoms with E-state index >= 15 is 0 Å². The summed E-state index contributed by atoms with van der Waals surface area (Å²) in [6.45, 7) is 2.11. The minimum atomic E-state index is -0.510. The summed E-state index contributed by atoms with van der Waals surface area (Å²) in [5.74, 6) is 2.37. The Kier molecular flexibility index (Phi) is 8.94. The van der Waals surface area contributed by atoms with Crippen molar-refractivity contribution >= 4 is 5.91 Å². The Hall–Kier alpha value is -1.57. The Morgan fingerprint density at radius 1 is 1.12 bits per heavy atom. The molecule has 3 aliphatic carbocycles. The molecule has 8 unspecified atom stereocenters. The highest BCUT2D eigenvalue weighted by Gasteiger charge is 2.46. The number of aromatic nitrogens is 2. The maximum atomic E-state index is 12.0. The van der Waals surface area contributed by atoms with E-state index in [0.717, 1.165) is 37.9 Å². The van der Waals surface area contributed by atoms with E-state index in [4.69, 9.17) is 0 Å². The lowest BCUT2D eigenvalue weighted by molar-refractivity contribution is -0.121. The van der Waals surface area contributed by atoms with Crippen molar-refractivity contribution in [3.63, 3.8) is 0 Å². The molecule has 0 spiro atoms. The fourth-order valence-corrected chi connectivity index (χ4v) is 6.43. The highest BCUT2D eigenvalue weighted by atomic mass is 16.3. The van der Waals surface area contributed by atoms with Crippen molar-refractivity contribution in [2.75, 3.05) is 0 Å². The van der Waals surface area contributed by atoms with Crippen LogP contribution in [0, 0.1) is 29.6 Å². The summed E-state index contributed by atoms with van der Waals surface area (Å²) in [6.07, 6.45) is 12.5. The van der Waals surface area contributed by atoms with Gasteiger partial charge in [-0.3, -0.25) is 4.79 Å². The maximum absolute atomic E-state index is 12.0. The molecule has 0 radical (unpaired) electrons. The van der Waals surface area contributed by atoms with Gasteiger partial charge in [0.05, 0.1) is 18.3 Å². The zero-order valence-electron chi connectivity index (χ0n) is 20.6. The number of carbonyl (C=O) groups is 1. The largest absolute Gasteiger partial charge is 0.393 e. The van der Waals surface area contributed by atoms with Gasteiger partial charge in [-0.05, 0) is 99.9 Å². The minimum Gasteiger partial charge on any atom is -0.393 e. The van der Waals surface area contributed by atoms with E-state index in [9.17, 15) is 20.1 Å². The summed E-state index contributed by atoms with van der Waals surface area (Å²) in [7, 11) is 0. The van der Waals surface area contributed by atoms with Crippen LogP contribution >= 0.6 is 0 Å². The summed E-state index contributed by atoms with van der Waals surface area (Å²) in [5, 5.41) is 35.2. The quantitative estimate of drug-likeness (QED) is 0.350. The third kappa shape index (κ3) is 6.98. The third-order valence-corrected chi connectivity index (χ3v) is 8.61. The van der Waals surface area contributed by atoms with Crippen molar-refractivity contribution in [1.29, 1.82) is 0 Å². The molecule has 190 valence electrons. The Morgan fingerprint density at radius 3 is 2.53 bits per heavy atom. The molecule has 1 amide bonds. The smallest absolute Gasteiger partial charge is 0.220 e. The van der Waals surface area contributed by atoms with Crippen molar-refractivity contribution in [3.8, 4) is 0 Å². The molecule has 8 atom stereocenters. The Labute approximate surface area is 203 Å². The van der Waals surface area contributed by atoms with Gasteiger partial charge in [0.15, 0.2) is 0 Å². The van der Waals surface area contributed by atoms with E-state index in [1.54, 1.807) is 18.5 Å². The highest BCUT2D eigenvalue weighted by molar-refractivity contribution is 5.76. The summed E-state index contributed by atoms with van der Waals surface area (Å²) >= 11 is 0. The molecule has 3 saturated carbocycles. The van der Waals surface area contributed by atoms with E-state index in [-0.39, 0.29) is 23.7 Å². The van der Waals surface area contributed by atoms with Crippen LogP contribution in [0.2, 0.25) is 0 Å². The summed E-state index contributed by atoms with van der Waals surface area (Å²) in [5.41, 5.74) is 0. The molecular weight excluding hydrogens is 430 g/mol. The molecule has 34 heavy (non-hydrogen) atoms. The number of hydrogen-bond acceptors (Lipinski definition) is 6. The molecule has 3 aliphatic rings. The Morgan fingerprint density at radius 2 is 1.85 bits per heavy atom. The monoisotopic (exact) mass is 473 g/mol. The second kappa shape index (κ2) is 11.9. The maximum Gasteiger partial charge on any atom is 0.220 e. The number of nitrogens with one attached hydrogen (secondary N) is 1. The lowest BCUT2D eigenvalue weighted by Gasteiger charge is -2.41. The zero-order valence-corrected chi connectivity index (χ0v) is 20.6. The first-order valence-electron chi connectivity index (χ1n) is 13.5. The minimum absolute atomic E-state index is 0.0168. The predicted molar refractivity (Wildman–Crippen MR) is 130 cm³/mol. The van der Waals surface area contributed by atoms with Gasteiger partial charge in [0.2, 0.25) is 5.91 Å². The fraction of sp³-hybridized carbons (Fsp3) is 0.815. The van der Waals surface area contributed by atoms with E-state index in [0.29, 0.717) is 50.0 Å². The van der Waals surface area contributed by atoms with Gasteiger partial charge in [-0.15, -0.1) is 0 Å². The standard InChI is InChI=1S/C27H43N3O4/c1-17(14-21(31)10-11-25-28-12-3-13-29-25)27-22(23(32)16-24(27)33)15-19-7-6-18(19)4-2-5-26(34)30-20-8-9-20/h3,12-13,17-24,27,31-33H,2,4-11,14-16H2,1H3,(H,30,34). The molecule has 3 fully saturated rings. The van der Waals surface area contributed by atoms with Crippen LogP contribution in [-0.4, -0.2) is 55.5 Å². The van der Waals surface area contributed by atoms with Crippen LogP contribution in [0.25, 0.3) is 0 Å². The van der Waals surface area contributed by atoms with Gasteiger partial charge in [0, 0.05) is 31.3 Å². The van der Waals surface area contributed by atoms with Crippen molar-refractivity contribution in [3.05, 3.63) is 24.3 Å². The molecule has 4 rings (SSSR count). The van der Waals surface area contributed by atoms with Crippen molar-refractivity contribution in [1.82, 2.24) is 15.3 Å². The third-order valence-electron chi connectivity index (χ3n) is 8.61. The number of aryl methyl sites for hydroxylation is 1. The lowest BCUT2D eigenvalue weighted by atomic mass is 9.65. The van der Waals surface area contributed by atoms with E-state index < -0.39 is 18.3 Å². The Balaban J connectivity index is 1.22. The topological polar surface area (TPSA) is 116 Å². The number of amides is 1. The second-order valence-corrected chi connectivity index (χ2v) is 11.2. The lowest BCUT2D eigenvalue weighted by Crippen LogP contribution is -2.35. The first-order chi connectivity index (χ1) is 16.4. The first-order valence-corrected chi connectivity index (χ1v) is 13.5. The molecule has 0 saturated heterocycles. The van der Waals surface area contributed by atoms with Gasteiger partial charge >= 0.3 is 0 Å². The van der Waals surface area contributed by atoms with E-state index in [1.807, 2.05) is 0 Å². The van der Waals surface area contributed by atoms with E-state index in [2.05, 4.69) is 22.2 Å².